The minimum atomic E-state index is -1.12. The standard InChI is InChI=1S/C49H67N9O6/c1-2-3-21-51-31-38-15-10-25-57(38)47(61)42-30-36(28-41(54-42)46(60)55-44(49(63)64)34-13-5-4-6-14-34)35-27-40(45(59)52-22-9-12-33-17-19-37(50)20-18-33)53-43(29-35)48(62)58-26-11-16-39(58)32-56-23-7-8-24-56/h17-20,27-30,34,38-39,44,51H,2-16,21-26,31-32,50H2,1H3,(H,52,59)(H,55,60)(H,63,64). The summed E-state index contributed by atoms with van der Waals surface area (Å²) in [5, 5.41) is 19.5. The van der Waals surface area contributed by atoms with Crippen LogP contribution in [0.1, 0.15) is 144 Å². The van der Waals surface area contributed by atoms with E-state index in [1.165, 1.54) is 6.07 Å². The zero-order valence-electron chi connectivity index (χ0n) is 37.5. The van der Waals surface area contributed by atoms with Crippen molar-refractivity contribution in [1.82, 2.24) is 40.6 Å². The minimum Gasteiger partial charge on any atom is -0.480 e. The quantitative estimate of drug-likeness (QED) is 0.0747. The van der Waals surface area contributed by atoms with E-state index < -0.39 is 23.8 Å². The number of aliphatic carboxylic acids is 1. The molecule has 6 N–H and O–H groups in total. The van der Waals surface area contributed by atoms with Gasteiger partial charge in [0.1, 0.15) is 28.8 Å². The summed E-state index contributed by atoms with van der Waals surface area (Å²) in [5.41, 5.74) is 8.45. The number of rotatable bonds is 19. The first kappa shape index (κ1) is 46.6. The molecule has 15 nitrogen and oxygen atoms in total. The highest BCUT2D eigenvalue weighted by Crippen LogP contribution is 2.30. The van der Waals surface area contributed by atoms with Gasteiger partial charge in [-0.15, -0.1) is 0 Å². The van der Waals surface area contributed by atoms with Gasteiger partial charge in [0, 0.05) is 50.5 Å². The molecule has 64 heavy (non-hydrogen) atoms. The zero-order chi connectivity index (χ0) is 45.0. The van der Waals surface area contributed by atoms with Crippen molar-refractivity contribution in [1.29, 1.82) is 0 Å². The van der Waals surface area contributed by atoms with E-state index in [9.17, 15) is 29.1 Å². The van der Waals surface area contributed by atoms with E-state index in [0.717, 1.165) is 109 Å². The highest BCUT2D eigenvalue weighted by Gasteiger charge is 2.35. The second kappa shape index (κ2) is 22.5. The van der Waals surface area contributed by atoms with E-state index in [4.69, 9.17) is 5.73 Å². The molecule has 344 valence electrons. The minimum absolute atomic E-state index is 0.0123. The molecule has 4 fully saturated rings. The predicted octanol–water partition coefficient (Wildman–Crippen LogP) is 5.55. The van der Waals surface area contributed by atoms with Crippen LogP contribution < -0.4 is 21.7 Å². The van der Waals surface area contributed by atoms with Gasteiger partial charge < -0.3 is 41.5 Å². The molecule has 1 aromatic carbocycles. The first-order valence-electron chi connectivity index (χ1n) is 23.8. The average Bonchev–Trinajstić information content (AvgIpc) is 4.12. The number of carbonyl (C=O) groups is 5. The highest BCUT2D eigenvalue weighted by molar-refractivity contribution is 6.01. The maximum Gasteiger partial charge on any atom is 0.326 e. The van der Waals surface area contributed by atoms with Crippen LogP contribution >= 0.6 is 0 Å². The van der Waals surface area contributed by atoms with E-state index >= 15 is 0 Å². The van der Waals surface area contributed by atoms with Gasteiger partial charge in [0.25, 0.3) is 23.6 Å². The van der Waals surface area contributed by atoms with Crippen molar-refractivity contribution in [3.05, 3.63) is 76.9 Å². The normalized spacial score (nSPS) is 19.8. The molecule has 7 rings (SSSR count). The van der Waals surface area contributed by atoms with Gasteiger partial charge in [-0.2, -0.15) is 0 Å². The van der Waals surface area contributed by atoms with Gasteiger partial charge in [0.2, 0.25) is 0 Å². The topological polar surface area (TPSA) is 203 Å². The Hall–Kier alpha value is -5.41. The SMILES string of the molecule is CCCCNCC1CCCN1C(=O)c1cc(-c2cc(C(=O)NCCCc3ccc(N)cc3)nc(C(=O)N3CCCC3CN3CCCC3)c2)cc(C(=O)NC(C(=O)O)C2CCCCC2)n1. The van der Waals surface area contributed by atoms with Gasteiger partial charge in [-0.3, -0.25) is 19.2 Å². The Morgan fingerprint density at radius 3 is 1.92 bits per heavy atom. The Balaban J connectivity index is 1.23. The lowest BCUT2D eigenvalue weighted by Crippen LogP contribution is -2.47. The smallest absolute Gasteiger partial charge is 0.326 e. The second-order valence-corrected chi connectivity index (χ2v) is 18.2. The predicted molar refractivity (Wildman–Crippen MR) is 246 cm³/mol. The number of aryl methyl sites for hydroxylation is 1. The number of pyridine rings is 2. The number of nitrogens with two attached hydrogens (primary N) is 1. The van der Waals surface area contributed by atoms with E-state index in [1.807, 2.05) is 29.2 Å². The van der Waals surface area contributed by atoms with E-state index in [0.29, 0.717) is 62.3 Å². The van der Waals surface area contributed by atoms with Crippen LogP contribution in [0, 0.1) is 5.92 Å². The number of hydrogen-bond acceptors (Lipinski definition) is 10. The van der Waals surface area contributed by atoms with Crippen LogP contribution in [0.5, 0.6) is 0 Å². The summed E-state index contributed by atoms with van der Waals surface area (Å²) >= 11 is 0. The molecule has 3 atom stereocenters. The maximum absolute atomic E-state index is 14.6. The van der Waals surface area contributed by atoms with Gasteiger partial charge in [-0.1, -0.05) is 44.7 Å². The number of carbonyl (C=O) groups excluding carboxylic acids is 4. The fourth-order valence-corrected chi connectivity index (χ4v) is 9.92. The monoisotopic (exact) mass is 878 g/mol. The molecule has 15 heteroatoms. The fourth-order valence-electron chi connectivity index (χ4n) is 9.92. The van der Waals surface area contributed by atoms with Crippen molar-refractivity contribution in [3.63, 3.8) is 0 Å². The largest absolute Gasteiger partial charge is 0.480 e. The highest BCUT2D eigenvalue weighted by atomic mass is 16.4. The molecular weight excluding hydrogens is 811 g/mol. The van der Waals surface area contributed by atoms with E-state index in [1.54, 1.807) is 23.1 Å². The lowest BCUT2D eigenvalue weighted by molar-refractivity contribution is -0.141. The Morgan fingerprint density at radius 2 is 1.30 bits per heavy atom. The molecular formula is C49H67N9O6. The molecule has 0 radical (unpaired) electrons. The number of carboxylic acid groups (broad SMARTS) is 1. The van der Waals surface area contributed by atoms with Crippen molar-refractivity contribution in [2.45, 2.75) is 121 Å². The van der Waals surface area contributed by atoms with Crippen LogP contribution in [0.2, 0.25) is 0 Å². The van der Waals surface area contributed by atoms with Crippen molar-refractivity contribution in [3.8, 4) is 11.1 Å². The molecule has 0 bridgehead atoms. The molecule has 0 spiro atoms. The number of amides is 4. The molecule has 4 aliphatic rings. The third kappa shape index (κ3) is 12.0. The van der Waals surface area contributed by atoms with E-state index in [2.05, 4.69) is 37.7 Å². The molecule has 1 saturated carbocycles. The number of hydrogen-bond donors (Lipinski definition) is 5. The van der Waals surface area contributed by atoms with Crippen LogP contribution in [-0.2, 0) is 11.2 Å². The fraction of sp³-hybridized carbons (Fsp3) is 0.571. The number of nitrogens with one attached hydrogen (secondary N) is 3. The molecule has 1 aliphatic carbocycles. The summed E-state index contributed by atoms with van der Waals surface area (Å²) in [4.78, 5) is 85.2. The summed E-state index contributed by atoms with van der Waals surface area (Å²) in [7, 11) is 0. The van der Waals surface area contributed by atoms with Gasteiger partial charge in [0.05, 0.1) is 0 Å². The number of anilines is 1. The van der Waals surface area contributed by atoms with Crippen LogP contribution in [0.15, 0.2) is 48.5 Å². The summed E-state index contributed by atoms with van der Waals surface area (Å²) in [6, 6.07) is 12.8. The summed E-state index contributed by atoms with van der Waals surface area (Å²) in [5.74, 6) is -3.14. The Bertz CT molecular complexity index is 2100. The van der Waals surface area contributed by atoms with Crippen molar-refractivity contribution in [2.75, 3.05) is 58.1 Å². The molecule has 2 aromatic heterocycles. The number of nitrogen functional groups attached to an aromatic ring is 1. The first-order valence-corrected chi connectivity index (χ1v) is 23.8. The lowest BCUT2D eigenvalue weighted by Gasteiger charge is -2.28. The number of unbranched alkanes of at least 4 members (excludes halogenated alkanes) is 1. The van der Waals surface area contributed by atoms with Gasteiger partial charge in [-0.25, -0.2) is 14.8 Å². The number of nitrogens with zero attached hydrogens (tertiary/aromatic N) is 5. The van der Waals surface area contributed by atoms with Crippen LogP contribution in [-0.4, -0.2) is 130 Å². The van der Waals surface area contributed by atoms with Gasteiger partial charge >= 0.3 is 5.97 Å². The molecule has 3 saturated heterocycles. The second-order valence-electron chi connectivity index (χ2n) is 18.2. The molecule has 3 unspecified atom stereocenters. The number of aromatic nitrogens is 2. The third-order valence-corrected chi connectivity index (χ3v) is 13.5. The first-order chi connectivity index (χ1) is 31.1. The Kier molecular flexibility index (Phi) is 16.4. The number of carboxylic acids is 1. The third-order valence-electron chi connectivity index (χ3n) is 13.5. The Morgan fingerprint density at radius 1 is 0.703 bits per heavy atom. The molecule has 4 amide bonds. The molecule has 3 aromatic rings. The number of likely N-dealkylation sites (tertiary alicyclic amines) is 3. The summed E-state index contributed by atoms with van der Waals surface area (Å²) in [6.07, 6.45) is 13.3. The summed E-state index contributed by atoms with van der Waals surface area (Å²) in [6.45, 7) is 7.87. The average molecular weight is 878 g/mol. The summed E-state index contributed by atoms with van der Waals surface area (Å²) < 4.78 is 0. The lowest BCUT2D eigenvalue weighted by atomic mass is 9.84. The van der Waals surface area contributed by atoms with Gasteiger partial charge in [-0.05, 0) is 149 Å². The van der Waals surface area contributed by atoms with Crippen molar-refractivity contribution >= 4 is 35.3 Å². The molecule has 3 aliphatic heterocycles. The molecule has 5 heterocycles. The van der Waals surface area contributed by atoms with Crippen LogP contribution in [0.3, 0.4) is 0 Å². The maximum atomic E-state index is 14.6. The van der Waals surface area contributed by atoms with Gasteiger partial charge in [0.15, 0.2) is 0 Å². The van der Waals surface area contributed by atoms with Crippen molar-refractivity contribution < 1.29 is 29.1 Å². The van der Waals surface area contributed by atoms with Crippen LogP contribution in [0.25, 0.3) is 11.1 Å². The van der Waals surface area contributed by atoms with E-state index in [-0.39, 0.29) is 52.6 Å². The Labute approximate surface area is 377 Å². The van der Waals surface area contributed by atoms with Crippen LogP contribution in [0.4, 0.5) is 5.69 Å². The van der Waals surface area contributed by atoms with Crippen molar-refractivity contribution in [2.24, 2.45) is 5.92 Å². The number of benzene rings is 1. The zero-order valence-corrected chi connectivity index (χ0v) is 37.5.